The van der Waals surface area contributed by atoms with E-state index < -0.39 is 0 Å². The molecule has 4 aromatic rings. The average Bonchev–Trinajstić information content (AvgIpc) is 3.50. The molecule has 48 heavy (non-hydrogen) atoms. The maximum Gasteiger partial charge on any atom is 0.324 e. The normalized spacial score (nSPS) is 17.3. The number of rotatable bonds is 7. The molecule has 2 aliphatic rings. The number of piperidine rings is 2. The molecule has 0 aliphatic carbocycles. The van der Waals surface area contributed by atoms with Crippen molar-refractivity contribution in [2.45, 2.75) is 65.2 Å². The molecule has 4 heterocycles. The molecule has 0 saturated carbocycles. The molecule has 2 fully saturated rings. The Balaban J connectivity index is 1.02. The number of hydrogen-bond acceptors (Lipinski definition) is 6. The molecule has 0 bridgehead atoms. The number of anilines is 3. The van der Waals surface area contributed by atoms with E-state index >= 15 is 0 Å². The molecule has 2 saturated heterocycles. The second kappa shape index (κ2) is 14.5. The maximum atomic E-state index is 13.5. The van der Waals surface area contributed by atoms with Crippen LogP contribution < -0.4 is 15.5 Å². The summed E-state index contributed by atoms with van der Waals surface area (Å²) in [7, 11) is 0. The van der Waals surface area contributed by atoms with Crippen molar-refractivity contribution >= 4 is 45.3 Å². The summed E-state index contributed by atoms with van der Waals surface area (Å²) in [5.41, 5.74) is 4.68. The predicted molar refractivity (Wildman–Crippen MR) is 194 cm³/mol. The monoisotopic (exact) mass is 712 g/mol. The number of urea groups is 1. The Bertz CT molecular complexity index is 1720. The molecular weight excluding hydrogens is 668 g/mol. The van der Waals surface area contributed by atoms with Gasteiger partial charge in [0.15, 0.2) is 0 Å². The molecule has 10 nitrogen and oxygen atoms in total. The summed E-state index contributed by atoms with van der Waals surface area (Å²) in [5, 5.41) is 10.9. The van der Waals surface area contributed by atoms with Crippen LogP contribution in [0.5, 0.6) is 0 Å². The Morgan fingerprint density at radius 1 is 0.938 bits per heavy atom. The molecule has 1 atom stereocenters. The summed E-state index contributed by atoms with van der Waals surface area (Å²) in [6, 6.07) is 17.8. The van der Waals surface area contributed by atoms with Gasteiger partial charge in [0.2, 0.25) is 11.9 Å². The topological polar surface area (TPSA) is 108 Å². The van der Waals surface area contributed by atoms with Gasteiger partial charge < -0.3 is 15.1 Å². The van der Waals surface area contributed by atoms with Crippen molar-refractivity contribution in [1.82, 2.24) is 24.6 Å². The number of hydrogen-bond donors (Lipinski definition) is 2. The van der Waals surface area contributed by atoms with Gasteiger partial charge in [0.1, 0.15) is 5.82 Å². The first-order chi connectivity index (χ1) is 23.0. The van der Waals surface area contributed by atoms with E-state index in [2.05, 4.69) is 79.2 Å². The van der Waals surface area contributed by atoms with Gasteiger partial charge in [0, 0.05) is 55.7 Å². The van der Waals surface area contributed by atoms with Gasteiger partial charge in [0.25, 0.3) is 0 Å². The van der Waals surface area contributed by atoms with Crippen LogP contribution in [0.3, 0.4) is 0 Å². The molecule has 3 amide bonds. The second-order valence-electron chi connectivity index (χ2n) is 14.2. The summed E-state index contributed by atoms with van der Waals surface area (Å²) in [5.74, 6) is 2.02. The first-order valence-corrected chi connectivity index (χ1v) is 17.7. The lowest BCUT2D eigenvalue weighted by Gasteiger charge is -2.38. The molecule has 1 unspecified atom stereocenters. The Labute approximate surface area is 291 Å². The van der Waals surface area contributed by atoms with Gasteiger partial charge in [-0.05, 0) is 90.7 Å². The van der Waals surface area contributed by atoms with Gasteiger partial charge in [0.05, 0.1) is 21.8 Å². The third-order valence-corrected chi connectivity index (χ3v) is 9.70. The predicted octanol–water partition coefficient (Wildman–Crippen LogP) is 7.37. The van der Waals surface area contributed by atoms with E-state index in [1.807, 2.05) is 49.4 Å². The van der Waals surface area contributed by atoms with Crippen LogP contribution in [0.25, 0.3) is 5.69 Å². The SMILES string of the molecule is Cc1ccc(-n2nc(C(C)(C)C)cc2NC(=O)Nc2cccc(CC3CCN(C(=O)C4CCCN(c5ncc(Br)cn5)C4)CC3)c2)cc1. The van der Waals surface area contributed by atoms with Crippen LogP contribution in [0.2, 0.25) is 0 Å². The first kappa shape index (κ1) is 33.6. The third kappa shape index (κ3) is 8.24. The van der Waals surface area contributed by atoms with Gasteiger partial charge in [-0.15, -0.1) is 0 Å². The summed E-state index contributed by atoms with van der Waals surface area (Å²) in [4.78, 5) is 39.8. The van der Waals surface area contributed by atoms with E-state index in [-0.39, 0.29) is 23.3 Å². The lowest BCUT2D eigenvalue weighted by atomic mass is 9.88. The van der Waals surface area contributed by atoms with E-state index in [0.29, 0.717) is 24.2 Å². The van der Waals surface area contributed by atoms with Gasteiger partial charge in [-0.25, -0.2) is 19.4 Å². The molecule has 6 rings (SSSR count). The van der Waals surface area contributed by atoms with Crippen LogP contribution in [0.15, 0.2) is 71.5 Å². The Morgan fingerprint density at radius 2 is 1.67 bits per heavy atom. The number of aryl methyl sites for hydroxylation is 1. The quantitative estimate of drug-likeness (QED) is 0.207. The van der Waals surface area contributed by atoms with E-state index in [0.717, 1.165) is 78.8 Å². The summed E-state index contributed by atoms with van der Waals surface area (Å²) in [6.07, 6.45) is 8.22. The zero-order chi connectivity index (χ0) is 33.8. The highest BCUT2D eigenvalue weighted by atomic mass is 79.9. The van der Waals surface area contributed by atoms with Crippen molar-refractivity contribution in [1.29, 1.82) is 0 Å². The number of nitrogens with one attached hydrogen (secondary N) is 2. The van der Waals surface area contributed by atoms with Gasteiger partial charge in [-0.3, -0.25) is 10.1 Å². The molecule has 0 radical (unpaired) electrons. The highest BCUT2D eigenvalue weighted by molar-refractivity contribution is 9.10. The number of halogens is 1. The van der Waals surface area contributed by atoms with E-state index in [1.165, 1.54) is 5.56 Å². The smallest absolute Gasteiger partial charge is 0.324 e. The Hall–Kier alpha value is -4.25. The van der Waals surface area contributed by atoms with Crippen molar-refractivity contribution in [3.05, 3.63) is 88.3 Å². The maximum absolute atomic E-state index is 13.5. The summed E-state index contributed by atoms with van der Waals surface area (Å²) < 4.78 is 2.63. The average molecular weight is 714 g/mol. The number of benzene rings is 2. The minimum Gasteiger partial charge on any atom is -0.342 e. The first-order valence-electron chi connectivity index (χ1n) is 16.9. The molecule has 2 N–H and O–H groups in total. The highest BCUT2D eigenvalue weighted by Crippen LogP contribution is 2.29. The van der Waals surface area contributed by atoms with Gasteiger partial charge in [-0.2, -0.15) is 5.10 Å². The van der Waals surface area contributed by atoms with Crippen LogP contribution in [-0.2, 0) is 16.6 Å². The number of amides is 3. The van der Waals surface area contributed by atoms with Crippen LogP contribution in [0, 0.1) is 18.8 Å². The minimum atomic E-state index is -0.319. The second-order valence-corrected chi connectivity index (χ2v) is 15.1. The number of carbonyl (C=O) groups is 2. The largest absolute Gasteiger partial charge is 0.342 e. The van der Waals surface area contributed by atoms with Crippen LogP contribution >= 0.6 is 15.9 Å². The number of likely N-dealkylation sites (tertiary alicyclic amines) is 1. The van der Waals surface area contributed by atoms with Crippen molar-refractivity contribution in [3.63, 3.8) is 0 Å². The van der Waals surface area contributed by atoms with E-state index in [1.54, 1.807) is 17.1 Å². The molecule has 11 heteroatoms. The fraction of sp³-hybridized carbons (Fsp3) is 0.432. The van der Waals surface area contributed by atoms with Gasteiger partial charge in [-0.1, -0.05) is 50.6 Å². The van der Waals surface area contributed by atoms with E-state index in [9.17, 15) is 9.59 Å². The number of aromatic nitrogens is 4. The van der Waals surface area contributed by atoms with Gasteiger partial charge >= 0.3 is 6.03 Å². The van der Waals surface area contributed by atoms with Crippen LogP contribution in [0.1, 0.15) is 63.3 Å². The summed E-state index contributed by atoms with van der Waals surface area (Å²) >= 11 is 3.40. The standard InChI is InChI=1S/C37H45BrN8O2/c1-25-10-12-31(13-11-25)46-33(21-32(43-46)37(2,3)4)42-36(48)41-30-9-5-7-27(20-30)19-26-14-17-44(18-15-26)34(47)28-8-6-16-45(24-28)35-39-22-29(38)23-40-35/h5,7,9-13,20-23,26,28H,6,8,14-19,24H2,1-4H3,(H2,41,42,48). The third-order valence-electron chi connectivity index (χ3n) is 9.29. The zero-order valence-electron chi connectivity index (χ0n) is 28.2. The molecular formula is C37H45BrN8O2. The van der Waals surface area contributed by atoms with Crippen molar-refractivity contribution < 1.29 is 9.59 Å². The number of nitrogens with zero attached hydrogens (tertiary/aromatic N) is 6. The fourth-order valence-corrected chi connectivity index (χ4v) is 6.76. The van der Waals surface area contributed by atoms with E-state index in [4.69, 9.17) is 5.10 Å². The summed E-state index contributed by atoms with van der Waals surface area (Å²) in [6.45, 7) is 11.5. The lowest BCUT2D eigenvalue weighted by molar-refractivity contribution is -0.137. The molecule has 2 aliphatic heterocycles. The molecule has 2 aromatic heterocycles. The molecule has 0 spiro atoms. The van der Waals surface area contributed by atoms with Crippen molar-refractivity contribution in [2.75, 3.05) is 41.7 Å². The Morgan fingerprint density at radius 3 is 2.38 bits per heavy atom. The molecule has 2 aromatic carbocycles. The lowest BCUT2D eigenvalue weighted by Crippen LogP contribution is -2.47. The molecule has 252 valence electrons. The van der Waals surface area contributed by atoms with Crippen LogP contribution in [-0.4, -0.2) is 62.8 Å². The Kier molecular flexibility index (Phi) is 10.1. The van der Waals surface area contributed by atoms with Crippen LogP contribution in [0.4, 0.5) is 22.2 Å². The zero-order valence-corrected chi connectivity index (χ0v) is 29.8. The number of carbonyl (C=O) groups excluding carboxylic acids is 2. The highest BCUT2D eigenvalue weighted by Gasteiger charge is 2.32. The van der Waals surface area contributed by atoms with Crippen molar-refractivity contribution in [2.24, 2.45) is 11.8 Å². The van der Waals surface area contributed by atoms with Crippen molar-refractivity contribution in [3.8, 4) is 5.69 Å². The fourth-order valence-electron chi connectivity index (χ4n) is 6.55. The minimum absolute atomic E-state index is 0.0213.